The van der Waals surface area contributed by atoms with Crippen molar-refractivity contribution >= 4 is 11.9 Å². The third-order valence-electron chi connectivity index (χ3n) is 14.9. The molecule has 1 unspecified atom stereocenters. The van der Waals surface area contributed by atoms with E-state index in [1.54, 1.807) is 0 Å². The van der Waals surface area contributed by atoms with Crippen LogP contribution >= 0.6 is 0 Å². The van der Waals surface area contributed by atoms with Crippen LogP contribution in [0.25, 0.3) is 0 Å². The Morgan fingerprint density at radius 1 is 0.280 bits per heavy atom. The number of hydrogen-bond acceptors (Lipinski definition) is 5. The van der Waals surface area contributed by atoms with Crippen molar-refractivity contribution in [3.05, 3.63) is 134 Å². The molecule has 0 saturated carbocycles. The SMILES string of the molecule is CC/C=C\C/C=C\C/C=C\C/C=C\C/C=C\C/C=C\C/C=C\CCCCCCCCCCCCCCCC(=O)OC(CO)COC(=O)CCCCCCCCCCCCCCCCCCCCCC/C=C\C/C=C\C/C=C\C/C=C\CC. The molecule has 5 nitrogen and oxygen atoms in total. The Kier molecular flexibility index (Phi) is 67.9. The number of rotatable bonds is 63. The zero-order chi connectivity index (χ0) is 59.1. The molecule has 0 fully saturated rings. The van der Waals surface area contributed by atoms with Crippen molar-refractivity contribution < 1.29 is 24.2 Å². The minimum Gasteiger partial charge on any atom is -0.462 e. The summed E-state index contributed by atoms with van der Waals surface area (Å²) in [6, 6.07) is 0. The molecule has 0 aliphatic carbocycles. The monoisotopic (exact) mass is 1130 g/mol. The molecular formula is C77H130O5. The second kappa shape index (κ2) is 71.3. The van der Waals surface area contributed by atoms with Crippen LogP contribution in [0.3, 0.4) is 0 Å². The van der Waals surface area contributed by atoms with Crippen LogP contribution in [0, 0.1) is 0 Å². The predicted octanol–water partition coefficient (Wildman–Crippen LogP) is 24.3. The molecule has 0 saturated heterocycles. The van der Waals surface area contributed by atoms with Crippen molar-refractivity contribution in [1.29, 1.82) is 0 Å². The first kappa shape index (κ1) is 78.0. The van der Waals surface area contributed by atoms with Gasteiger partial charge in [0.15, 0.2) is 6.10 Å². The maximum atomic E-state index is 12.4. The summed E-state index contributed by atoms with van der Waals surface area (Å²) in [6.07, 6.45) is 106. The van der Waals surface area contributed by atoms with Gasteiger partial charge in [0.05, 0.1) is 6.61 Å². The first-order valence-corrected chi connectivity index (χ1v) is 34.7. The largest absolute Gasteiger partial charge is 0.462 e. The highest BCUT2D eigenvalue weighted by Crippen LogP contribution is 2.17. The van der Waals surface area contributed by atoms with Gasteiger partial charge in [0, 0.05) is 12.8 Å². The molecule has 1 N–H and O–H groups in total. The van der Waals surface area contributed by atoms with E-state index in [4.69, 9.17) is 9.47 Å². The second-order valence-electron chi connectivity index (χ2n) is 22.8. The lowest BCUT2D eigenvalue weighted by atomic mass is 10.0. The number of aliphatic hydroxyl groups excluding tert-OH is 1. The molecule has 0 amide bonds. The van der Waals surface area contributed by atoms with Gasteiger partial charge in [-0.15, -0.1) is 0 Å². The van der Waals surface area contributed by atoms with E-state index in [9.17, 15) is 14.7 Å². The highest BCUT2D eigenvalue weighted by Gasteiger charge is 2.16. The Morgan fingerprint density at radius 2 is 0.488 bits per heavy atom. The van der Waals surface area contributed by atoms with Crippen molar-refractivity contribution in [1.82, 2.24) is 0 Å². The number of unbranched alkanes of at least 4 members (excludes halogenated alkanes) is 33. The quantitative estimate of drug-likeness (QED) is 0.0373. The maximum Gasteiger partial charge on any atom is 0.306 e. The van der Waals surface area contributed by atoms with Gasteiger partial charge < -0.3 is 14.6 Å². The average molecular weight is 1140 g/mol. The van der Waals surface area contributed by atoms with Crippen LogP contribution in [0.5, 0.6) is 0 Å². The van der Waals surface area contributed by atoms with Gasteiger partial charge in [0.25, 0.3) is 0 Å². The third-order valence-corrected chi connectivity index (χ3v) is 14.9. The highest BCUT2D eigenvalue weighted by atomic mass is 16.6. The zero-order valence-electron chi connectivity index (χ0n) is 53.7. The first-order valence-electron chi connectivity index (χ1n) is 34.7. The molecule has 82 heavy (non-hydrogen) atoms. The molecule has 0 rings (SSSR count). The van der Waals surface area contributed by atoms with E-state index in [0.29, 0.717) is 12.8 Å². The molecule has 0 bridgehead atoms. The van der Waals surface area contributed by atoms with E-state index >= 15 is 0 Å². The molecule has 0 heterocycles. The summed E-state index contributed by atoms with van der Waals surface area (Å²) in [5.41, 5.74) is 0. The second-order valence-corrected chi connectivity index (χ2v) is 22.8. The Bertz CT molecular complexity index is 1670. The van der Waals surface area contributed by atoms with E-state index in [1.807, 2.05) is 0 Å². The van der Waals surface area contributed by atoms with Crippen molar-refractivity contribution in [3.8, 4) is 0 Å². The number of carbonyl (C=O) groups is 2. The highest BCUT2D eigenvalue weighted by molar-refractivity contribution is 5.70. The van der Waals surface area contributed by atoms with E-state index in [2.05, 4.69) is 148 Å². The number of allylic oxidation sites excluding steroid dienone is 22. The topological polar surface area (TPSA) is 72.8 Å². The third kappa shape index (κ3) is 68.5. The molecule has 468 valence electrons. The Labute approximate surface area is 508 Å². The lowest BCUT2D eigenvalue weighted by Gasteiger charge is -2.15. The summed E-state index contributed by atoms with van der Waals surface area (Å²) in [5.74, 6) is -0.584. The number of aliphatic hydroxyl groups is 1. The maximum absolute atomic E-state index is 12.4. The zero-order valence-corrected chi connectivity index (χ0v) is 53.7. The fourth-order valence-electron chi connectivity index (χ4n) is 9.82. The fraction of sp³-hybridized carbons (Fsp3) is 0.688. The van der Waals surface area contributed by atoms with Crippen molar-refractivity contribution in [2.75, 3.05) is 13.2 Å². The minimum absolute atomic E-state index is 0.0686. The fourth-order valence-corrected chi connectivity index (χ4v) is 9.82. The first-order chi connectivity index (χ1) is 40.6. The number of hydrogen-bond donors (Lipinski definition) is 1. The molecular weight excluding hydrogens is 1000 g/mol. The van der Waals surface area contributed by atoms with Crippen LogP contribution < -0.4 is 0 Å². The van der Waals surface area contributed by atoms with E-state index in [0.717, 1.165) is 109 Å². The van der Waals surface area contributed by atoms with Gasteiger partial charge in [0.2, 0.25) is 0 Å². The lowest BCUT2D eigenvalue weighted by molar-refractivity contribution is -0.161. The summed E-state index contributed by atoms with van der Waals surface area (Å²) in [6.45, 7) is 3.94. The van der Waals surface area contributed by atoms with Gasteiger partial charge in [-0.1, -0.05) is 334 Å². The van der Waals surface area contributed by atoms with Gasteiger partial charge in [-0.25, -0.2) is 0 Å². The number of esters is 2. The van der Waals surface area contributed by atoms with Crippen molar-refractivity contribution in [2.45, 2.75) is 328 Å². The summed E-state index contributed by atoms with van der Waals surface area (Å²) >= 11 is 0. The van der Waals surface area contributed by atoms with E-state index in [1.165, 1.54) is 186 Å². The van der Waals surface area contributed by atoms with Gasteiger partial charge in [-0.3, -0.25) is 9.59 Å². The van der Waals surface area contributed by atoms with Crippen LogP contribution in [0.2, 0.25) is 0 Å². The summed E-state index contributed by atoms with van der Waals surface area (Å²) in [5, 5.41) is 9.71. The number of carbonyl (C=O) groups excluding carboxylic acids is 2. The van der Waals surface area contributed by atoms with Gasteiger partial charge in [-0.05, 0) is 109 Å². The smallest absolute Gasteiger partial charge is 0.306 e. The molecule has 0 aromatic rings. The van der Waals surface area contributed by atoms with E-state index < -0.39 is 6.10 Å². The molecule has 0 radical (unpaired) electrons. The molecule has 5 heteroatoms. The van der Waals surface area contributed by atoms with Gasteiger partial charge in [-0.2, -0.15) is 0 Å². The average Bonchev–Trinajstić information content (AvgIpc) is 3.49. The molecule has 0 spiro atoms. The molecule has 0 aliphatic heterocycles. The van der Waals surface area contributed by atoms with Crippen molar-refractivity contribution in [2.24, 2.45) is 0 Å². The van der Waals surface area contributed by atoms with E-state index in [-0.39, 0.29) is 25.2 Å². The molecule has 0 aromatic heterocycles. The standard InChI is InChI=1S/C77H130O5/c1-3-5-7-9-11-13-15-17-19-21-23-25-27-29-31-33-35-37-38-40-42-44-46-48-50-52-54-56-58-60-62-64-66-68-70-72-77(80)82-75(73-78)74-81-76(79)71-69-67-65-63-61-59-57-55-53-51-49-47-45-43-41-39-36-34-32-30-28-26-24-22-20-18-16-14-12-10-8-6-4-2/h5-8,11-14,17-20,23-26,29,31,35,37,40,42,75,78H,3-4,9-10,15-16,21-22,27-28,30,32-34,36,38-39,41,43-74H2,1-2H3/b7-5-,8-6-,13-11-,14-12-,19-17-,20-18-,25-23-,26-24-,31-29-,37-35-,42-40-. The number of ether oxygens (including phenoxy) is 2. The normalized spacial score (nSPS) is 13.1. The lowest BCUT2D eigenvalue weighted by Crippen LogP contribution is -2.28. The Hall–Kier alpha value is -3.96. The summed E-state index contributed by atoms with van der Waals surface area (Å²) < 4.78 is 10.8. The van der Waals surface area contributed by atoms with Crippen LogP contribution in [0.1, 0.15) is 322 Å². The van der Waals surface area contributed by atoms with Crippen LogP contribution in [-0.4, -0.2) is 36.4 Å². The predicted molar refractivity (Wildman–Crippen MR) is 361 cm³/mol. The minimum atomic E-state index is -0.780. The Morgan fingerprint density at radius 3 is 0.732 bits per heavy atom. The molecule has 0 aromatic carbocycles. The van der Waals surface area contributed by atoms with Gasteiger partial charge >= 0.3 is 11.9 Å². The van der Waals surface area contributed by atoms with Crippen LogP contribution in [0.4, 0.5) is 0 Å². The van der Waals surface area contributed by atoms with Crippen LogP contribution in [-0.2, 0) is 19.1 Å². The van der Waals surface area contributed by atoms with Crippen molar-refractivity contribution in [3.63, 3.8) is 0 Å². The summed E-state index contributed by atoms with van der Waals surface area (Å²) in [4.78, 5) is 24.7. The Balaban J connectivity index is 3.47. The molecule has 0 aliphatic rings. The molecule has 1 atom stereocenters. The van der Waals surface area contributed by atoms with Crippen LogP contribution in [0.15, 0.2) is 134 Å². The summed E-state index contributed by atoms with van der Waals surface area (Å²) in [7, 11) is 0. The van der Waals surface area contributed by atoms with Gasteiger partial charge in [0.1, 0.15) is 6.61 Å².